The molecule has 0 aliphatic heterocycles. The van der Waals surface area contributed by atoms with Crippen LogP contribution in [0.15, 0.2) is 170 Å². The molecule has 5 aliphatic rings. The van der Waals surface area contributed by atoms with Gasteiger partial charge in [0.1, 0.15) is 0 Å². The fourth-order valence-corrected chi connectivity index (χ4v) is 12.0. The van der Waals surface area contributed by atoms with E-state index in [1.54, 1.807) is 0 Å². The van der Waals surface area contributed by atoms with Crippen LogP contribution in [0.2, 0.25) is 0 Å². The summed E-state index contributed by atoms with van der Waals surface area (Å²) < 4.78 is 0. The number of aromatic nitrogens is 2. The van der Waals surface area contributed by atoms with Crippen molar-refractivity contribution in [1.29, 1.82) is 0 Å². The molecule has 2 nitrogen and oxygen atoms in total. The van der Waals surface area contributed by atoms with E-state index in [1.807, 2.05) is 24.5 Å². The normalized spacial score (nSPS) is 17.4. The number of pyridine rings is 2. The summed E-state index contributed by atoms with van der Waals surface area (Å²) >= 11 is 0. The molecule has 2 aromatic heterocycles. The highest BCUT2D eigenvalue weighted by atomic mass is 14.7. The van der Waals surface area contributed by atoms with E-state index in [2.05, 4.69) is 146 Å². The number of fused-ring (bicyclic) bond motifs is 12. The molecule has 15 rings (SSSR count). The monoisotopic (exact) mass is 730 g/mol. The minimum absolute atomic E-state index is 0.348. The summed E-state index contributed by atoms with van der Waals surface area (Å²) in [6.07, 6.45) is 17.8. The van der Waals surface area contributed by atoms with Gasteiger partial charge in [0.05, 0.1) is 11.4 Å². The van der Waals surface area contributed by atoms with Crippen molar-refractivity contribution in [3.63, 3.8) is 0 Å². The van der Waals surface area contributed by atoms with Crippen molar-refractivity contribution in [3.05, 3.63) is 181 Å². The van der Waals surface area contributed by atoms with Crippen LogP contribution < -0.4 is 0 Å². The average molecular weight is 731 g/mol. The maximum absolute atomic E-state index is 5.13. The molecule has 8 aromatic carbocycles. The number of benzene rings is 8. The first-order valence-corrected chi connectivity index (χ1v) is 20.4. The molecule has 0 fully saturated rings. The van der Waals surface area contributed by atoms with Crippen molar-refractivity contribution in [2.24, 2.45) is 11.8 Å². The summed E-state index contributed by atoms with van der Waals surface area (Å²) in [7, 11) is 0. The van der Waals surface area contributed by atoms with Crippen molar-refractivity contribution < 1.29 is 0 Å². The topological polar surface area (TPSA) is 25.8 Å². The Kier molecular flexibility index (Phi) is 5.29. The molecule has 0 N–H and O–H groups in total. The van der Waals surface area contributed by atoms with Gasteiger partial charge < -0.3 is 0 Å². The Balaban J connectivity index is 1.12. The Hall–Kier alpha value is -7.42. The fraction of sp³-hybridized carbons (Fsp3) is 0.0357. The lowest BCUT2D eigenvalue weighted by Crippen LogP contribution is -2.13. The third kappa shape index (κ3) is 3.41. The zero-order chi connectivity index (χ0) is 37.4. The average Bonchev–Trinajstić information content (AvgIpc) is 3.91. The first-order chi connectivity index (χ1) is 28.8. The SMILES string of the molecule is C1=CC2C=CC=C3c4cc5c(-c6ccccn6)c6c(c(-c7ccccn7)c5cc4C(=C1)C32)-c1ccc2c3ccc4c5c(ccc(c7ccc-6c1c27)c53)-c1ccccc1-4. The molecule has 264 valence electrons. The number of hydrogen-bond donors (Lipinski definition) is 0. The Morgan fingerprint density at radius 1 is 0.345 bits per heavy atom. The smallest absolute Gasteiger partial charge is 0.0714 e. The van der Waals surface area contributed by atoms with Crippen LogP contribution >= 0.6 is 0 Å². The zero-order valence-corrected chi connectivity index (χ0v) is 31.2. The van der Waals surface area contributed by atoms with Gasteiger partial charge in [0.15, 0.2) is 0 Å². The van der Waals surface area contributed by atoms with Gasteiger partial charge in [-0.05, 0) is 146 Å². The molecule has 0 saturated heterocycles. The minimum Gasteiger partial charge on any atom is -0.256 e. The van der Waals surface area contributed by atoms with E-state index in [0.29, 0.717) is 11.8 Å². The molecule has 10 aromatic rings. The highest BCUT2D eigenvalue weighted by molar-refractivity contribution is 6.41. The summed E-state index contributed by atoms with van der Waals surface area (Å²) in [5.74, 6) is 0.723. The van der Waals surface area contributed by atoms with Gasteiger partial charge in [-0.2, -0.15) is 0 Å². The molecule has 2 heterocycles. The predicted octanol–water partition coefficient (Wildman–Crippen LogP) is 14.5. The molecular weight excluding hydrogens is 701 g/mol. The number of nitrogens with zero attached hydrogens (tertiary/aromatic N) is 2. The number of hydrogen-bond acceptors (Lipinski definition) is 2. The van der Waals surface area contributed by atoms with Gasteiger partial charge in [-0.3, -0.25) is 9.97 Å². The van der Waals surface area contributed by atoms with Gasteiger partial charge in [-0.1, -0.05) is 121 Å². The second-order valence-corrected chi connectivity index (χ2v) is 16.6. The molecule has 0 atom stereocenters. The van der Waals surface area contributed by atoms with E-state index in [-0.39, 0.29) is 0 Å². The van der Waals surface area contributed by atoms with E-state index in [4.69, 9.17) is 9.97 Å². The second kappa shape index (κ2) is 10.3. The Morgan fingerprint density at radius 3 is 1.26 bits per heavy atom. The van der Waals surface area contributed by atoms with Crippen LogP contribution in [0, 0.1) is 11.8 Å². The third-order valence-corrected chi connectivity index (χ3v) is 14.1. The fourth-order valence-electron chi connectivity index (χ4n) is 12.0. The van der Waals surface area contributed by atoms with E-state index in [0.717, 1.165) is 11.4 Å². The largest absolute Gasteiger partial charge is 0.256 e. The summed E-state index contributed by atoms with van der Waals surface area (Å²) in [5, 5.41) is 13.2. The van der Waals surface area contributed by atoms with E-state index < -0.39 is 0 Å². The summed E-state index contributed by atoms with van der Waals surface area (Å²) in [6.45, 7) is 0. The molecule has 0 saturated carbocycles. The molecule has 0 radical (unpaired) electrons. The van der Waals surface area contributed by atoms with Crippen LogP contribution in [0.5, 0.6) is 0 Å². The first-order valence-electron chi connectivity index (χ1n) is 20.4. The third-order valence-electron chi connectivity index (χ3n) is 14.1. The highest BCUT2D eigenvalue weighted by Crippen LogP contribution is 2.62. The molecule has 5 aliphatic carbocycles. The summed E-state index contributed by atoms with van der Waals surface area (Å²) in [5.41, 5.74) is 20.3. The Labute approximate surface area is 333 Å². The maximum Gasteiger partial charge on any atom is 0.0714 e. The summed E-state index contributed by atoms with van der Waals surface area (Å²) in [6, 6.07) is 45.8. The van der Waals surface area contributed by atoms with Gasteiger partial charge in [-0.15, -0.1) is 0 Å². The molecule has 0 bridgehead atoms. The maximum atomic E-state index is 5.13. The van der Waals surface area contributed by atoms with Crippen LogP contribution in [0.25, 0.3) is 132 Å². The molecule has 0 unspecified atom stereocenters. The zero-order valence-electron chi connectivity index (χ0n) is 31.2. The quantitative estimate of drug-likeness (QED) is 0.131. The molecule has 0 spiro atoms. The van der Waals surface area contributed by atoms with E-state index in [1.165, 1.54) is 132 Å². The number of allylic oxidation sites excluding steroid dienone is 8. The Morgan fingerprint density at radius 2 is 0.793 bits per heavy atom. The lowest BCUT2D eigenvalue weighted by molar-refractivity contribution is 0.707. The van der Waals surface area contributed by atoms with Gasteiger partial charge in [-0.25, -0.2) is 0 Å². The van der Waals surface area contributed by atoms with Gasteiger partial charge in [0.25, 0.3) is 0 Å². The van der Waals surface area contributed by atoms with Crippen molar-refractivity contribution in [2.45, 2.75) is 0 Å². The van der Waals surface area contributed by atoms with Gasteiger partial charge in [0, 0.05) is 46.5 Å². The van der Waals surface area contributed by atoms with Crippen molar-refractivity contribution in [3.8, 4) is 67.0 Å². The molecule has 2 heteroatoms. The lowest BCUT2D eigenvalue weighted by atomic mass is 9.78. The van der Waals surface area contributed by atoms with Gasteiger partial charge >= 0.3 is 0 Å². The van der Waals surface area contributed by atoms with Crippen LogP contribution in [-0.2, 0) is 0 Å². The lowest BCUT2D eigenvalue weighted by Gasteiger charge is -2.25. The molecule has 0 amide bonds. The summed E-state index contributed by atoms with van der Waals surface area (Å²) in [4.78, 5) is 10.3. The highest BCUT2D eigenvalue weighted by Gasteiger charge is 2.40. The molecular formula is C56H30N2. The van der Waals surface area contributed by atoms with Crippen LogP contribution in [0.1, 0.15) is 11.1 Å². The molecule has 58 heavy (non-hydrogen) atoms. The van der Waals surface area contributed by atoms with Crippen LogP contribution in [0.4, 0.5) is 0 Å². The van der Waals surface area contributed by atoms with Crippen molar-refractivity contribution in [2.75, 3.05) is 0 Å². The standard InChI is InChI=1S/C56H30N2/c1-2-12-31-30(11-1)34-17-19-36-38-21-23-40-52-41(24-22-39(51(38)52)37-20-18-35(31)49(34)50(36)37)56-54(47-16-4-6-26-58-47)45-28-43-33-14-8-10-29-9-7-13-32(48(29)33)42(43)27-44(45)53(55(40)56)46-15-3-5-25-57-46/h1-29,48H. The number of rotatable bonds is 2. The Bertz CT molecular complexity index is 3480. The van der Waals surface area contributed by atoms with Crippen molar-refractivity contribution in [1.82, 2.24) is 9.97 Å². The van der Waals surface area contributed by atoms with Gasteiger partial charge in [0.2, 0.25) is 0 Å². The predicted molar refractivity (Wildman–Crippen MR) is 242 cm³/mol. The van der Waals surface area contributed by atoms with E-state index >= 15 is 0 Å². The van der Waals surface area contributed by atoms with E-state index in [9.17, 15) is 0 Å². The van der Waals surface area contributed by atoms with Crippen LogP contribution in [0.3, 0.4) is 0 Å². The van der Waals surface area contributed by atoms with Crippen LogP contribution in [-0.4, -0.2) is 9.97 Å². The second-order valence-electron chi connectivity index (χ2n) is 16.6. The first kappa shape index (κ1) is 29.8. The van der Waals surface area contributed by atoms with Crippen molar-refractivity contribution >= 4 is 65.0 Å². The minimum atomic E-state index is 0.348.